The number of amides is 2. The second-order valence-electron chi connectivity index (χ2n) is 9.87. The highest BCUT2D eigenvalue weighted by atomic mass is 79.9. The van der Waals surface area contributed by atoms with Gasteiger partial charge in [-0.05, 0) is 81.7 Å². The molecule has 0 radical (unpaired) electrons. The fourth-order valence-electron chi connectivity index (χ4n) is 5.51. The zero-order chi connectivity index (χ0) is 26.6. The van der Waals surface area contributed by atoms with E-state index in [1.807, 2.05) is 37.4 Å². The molecule has 1 saturated heterocycles. The van der Waals surface area contributed by atoms with Crippen LogP contribution in [0, 0.1) is 0 Å². The van der Waals surface area contributed by atoms with Crippen LogP contribution in [-0.4, -0.2) is 57.3 Å². The van der Waals surface area contributed by atoms with Crippen molar-refractivity contribution in [2.75, 3.05) is 19.6 Å². The van der Waals surface area contributed by atoms with Gasteiger partial charge in [-0.2, -0.15) is 0 Å². The zero-order valence-corrected chi connectivity index (χ0v) is 23.7. The Labute approximate surface area is 236 Å². The number of carbonyl (C=O) groups excluding carboxylic acids is 2. The number of aromatic nitrogens is 2. The second-order valence-corrected chi connectivity index (χ2v) is 11.2. The van der Waals surface area contributed by atoms with Crippen LogP contribution in [0.1, 0.15) is 53.8 Å². The first-order valence-electron chi connectivity index (χ1n) is 13.1. The Balaban J connectivity index is 1.48. The van der Waals surface area contributed by atoms with Gasteiger partial charge in [0.15, 0.2) is 0 Å². The average Bonchev–Trinajstić information content (AvgIpc) is 3.08. The highest BCUT2D eigenvalue weighted by molar-refractivity contribution is 9.10. The molecule has 2 aliphatic rings. The van der Waals surface area contributed by atoms with Crippen molar-refractivity contribution in [3.05, 3.63) is 92.4 Å². The molecule has 3 aromatic rings. The lowest BCUT2D eigenvalue weighted by molar-refractivity contribution is -0.144. The molecule has 198 valence electrons. The number of piperazine rings is 1. The zero-order valence-electron chi connectivity index (χ0n) is 21.4. The number of nitrogens with one attached hydrogen (secondary N) is 1. The molecule has 1 aliphatic carbocycles. The van der Waals surface area contributed by atoms with Crippen LogP contribution in [0.2, 0.25) is 5.02 Å². The summed E-state index contributed by atoms with van der Waals surface area (Å²) in [6.45, 7) is 3.89. The lowest BCUT2D eigenvalue weighted by Crippen LogP contribution is -2.61. The third-order valence-electron chi connectivity index (χ3n) is 7.34. The predicted molar refractivity (Wildman–Crippen MR) is 151 cm³/mol. The van der Waals surface area contributed by atoms with E-state index in [1.54, 1.807) is 17.3 Å². The summed E-state index contributed by atoms with van der Waals surface area (Å²) in [5, 5.41) is 3.76. The standard InChI is InChI=1S/C29H31BrClN5O2/c1-2-4-26(37)36-12-11-35(18-25(36)29(38)34-16-19-5-3-10-32-15-19)28-24-9-8-23(31)14-20(24)6-7-21-13-22(30)17-33-27(21)28/h3,5,8-10,13-15,17,25,28H,2,4,6-7,11-12,16,18H2,1H3,(H,34,38). The van der Waals surface area contributed by atoms with Gasteiger partial charge >= 0.3 is 0 Å². The van der Waals surface area contributed by atoms with Crippen LogP contribution in [0.4, 0.5) is 0 Å². The first-order chi connectivity index (χ1) is 18.4. The summed E-state index contributed by atoms with van der Waals surface area (Å²) in [6, 6.07) is 11.2. The molecule has 1 N–H and O–H groups in total. The summed E-state index contributed by atoms with van der Waals surface area (Å²) >= 11 is 9.98. The molecule has 1 aromatic carbocycles. The Hall–Kier alpha value is -2.81. The molecule has 0 spiro atoms. The van der Waals surface area contributed by atoms with Crippen LogP contribution in [0.25, 0.3) is 0 Å². The van der Waals surface area contributed by atoms with Gasteiger partial charge in [0.05, 0.1) is 11.7 Å². The third-order valence-corrected chi connectivity index (χ3v) is 8.01. The highest BCUT2D eigenvalue weighted by Gasteiger charge is 2.40. The van der Waals surface area contributed by atoms with Gasteiger partial charge in [-0.1, -0.05) is 30.7 Å². The quantitative estimate of drug-likeness (QED) is 0.446. The number of hydrogen-bond donors (Lipinski definition) is 1. The number of rotatable bonds is 6. The molecule has 9 heteroatoms. The van der Waals surface area contributed by atoms with E-state index >= 15 is 0 Å². The summed E-state index contributed by atoms with van der Waals surface area (Å²) in [7, 11) is 0. The van der Waals surface area contributed by atoms with Crippen LogP contribution >= 0.6 is 27.5 Å². The van der Waals surface area contributed by atoms with Crippen molar-refractivity contribution in [2.24, 2.45) is 0 Å². The van der Waals surface area contributed by atoms with Gasteiger partial charge in [0.1, 0.15) is 6.04 Å². The van der Waals surface area contributed by atoms with Crippen molar-refractivity contribution >= 4 is 39.3 Å². The molecule has 0 saturated carbocycles. The first-order valence-corrected chi connectivity index (χ1v) is 14.2. The molecule has 2 aromatic heterocycles. The highest BCUT2D eigenvalue weighted by Crippen LogP contribution is 2.38. The Bertz CT molecular complexity index is 1270. The molecular weight excluding hydrogens is 566 g/mol. The number of halogens is 2. The molecule has 3 heterocycles. The third kappa shape index (κ3) is 5.77. The summed E-state index contributed by atoms with van der Waals surface area (Å²) in [4.78, 5) is 39.7. The molecule has 7 nitrogen and oxygen atoms in total. The summed E-state index contributed by atoms with van der Waals surface area (Å²) in [6.07, 6.45) is 8.17. The average molecular weight is 597 g/mol. The Morgan fingerprint density at radius 3 is 2.76 bits per heavy atom. The fraction of sp³-hybridized carbons (Fsp3) is 0.379. The van der Waals surface area contributed by atoms with E-state index < -0.39 is 6.04 Å². The molecule has 2 unspecified atom stereocenters. The van der Waals surface area contributed by atoms with Crippen molar-refractivity contribution in [1.29, 1.82) is 0 Å². The molecule has 0 bridgehead atoms. The number of benzene rings is 1. The molecule has 1 aliphatic heterocycles. The monoisotopic (exact) mass is 595 g/mol. The van der Waals surface area contributed by atoms with Crippen LogP contribution < -0.4 is 5.32 Å². The fourth-order valence-corrected chi connectivity index (χ4v) is 6.08. The smallest absolute Gasteiger partial charge is 0.244 e. The number of fused-ring (bicyclic) bond motifs is 2. The normalized spacial score (nSPS) is 19.3. The maximum atomic E-state index is 13.6. The Morgan fingerprint density at radius 1 is 1.13 bits per heavy atom. The van der Waals surface area contributed by atoms with E-state index in [4.69, 9.17) is 16.6 Å². The Kier molecular flexibility index (Phi) is 8.41. The summed E-state index contributed by atoms with van der Waals surface area (Å²) in [5.74, 6) is -0.138. The summed E-state index contributed by atoms with van der Waals surface area (Å²) in [5.41, 5.74) is 5.44. The molecular formula is C29H31BrClN5O2. The minimum Gasteiger partial charge on any atom is -0.350 e. The van der Waals surface area contributed by atoms with Crippen molar-refractivity contribution in [3.63, 3.8) is 0 Å². The van der Waals surface area contributed by atoms with Crippen LogP contribution in [0.5, 0.6) is 0 Å². The van der Waals surface area contributed by atoms with Crippen molar-refractivity contribution in [1.82, 2.24) is 25.1 Å². The van der Waals surface area contributed by atoms with Gasteiger partial charge in [-0.15, -0.1) is 0 Å². The van der Waals surface area contributed by atoms with Crippen LogP contribution in [-0.2, 0) is 29.0 Å². The lowest BCUT2D eigenvalue weighted by atomic mass is 9.95. The lowest BCUT2D eigenvalue weighted by Gasteiger charge is -2.44. The largest absolute Gasteiger partial charge is 0.350 e. The maximum Gasteiger partial charge on any atom is 0.244 e. The van der Waals surface area contributed by atoms with E-state index in [1.165, 1.54) is 11.1 Å². The SMILES string of the molecule is CCCC(=O)N1CCN(C2c3ccc(Cl)cc3CCc3cc(Br)cnc32)CC1C(=O)NCc1cccnc1. The number of pyridine rings is 2. The van der Waals surface area contributed by atoms with Gasteiger partial charge in [0, 0.05) is 60.7 Å². The van der Waals surface area contributed by atoms with Crippen LogP contribution in [0.3, 0.4) is 0 Å². The number of aryl methyl sites for hydroxylation is 2. The van der Waals surface area contributed by atoms with Gasteiger partial charge in [-0.25, -0.2) is 0 Å². The molecule has 5 rings (SSSR count). The van der Waals surface area contributed by atoms with E-state index in [0.717, 1.165) is 40.6 Å². The number of nitrogens with zero attached hydrogens (tertiary/aromatic N) is 4. The van der Waals surface area contributed by atoms with E-state index in [9.17, 15) is 9.59 Å². The molecule has 2 atom stereocenters. The van der Waals surface area contributed by atoms with Crippen molar-refractivity contribution < 1.29 is 9.59 Å². The topological polar surface area (TPSA) is 78.4 Å². The molecule has 38 heavy (non-hydrogen) atoms. The maximum absolute atomic E-state index is 13.6. The number of hydrogen-bond acceptors (Lipinski definition) is 5. The van der Waals surface area contributed by atoms with Crippen molar-refractivity contribution in [3.8, 4) is 0 Å². The van der Waals surface area contributed by atoms with Gasteiger partial charge < -0.3 is 10.2 Å². The van der Waals surface area contributed by atoms with E-state index in [2.05, 4.69) is 43.3 Å². The number of carbonyl (C=O) groups is 2. The predicted octanol–water partition coefficient (Wildman–Crippen LogP) is 4.71. The van der Waals surface area contributed by atoms with Crippen LogP contribution in [0.15, 0.2) is 59.5 Å². The Morgan fingerprint density at radius 2 is 1.97 bits per heavy atom. The van der Waals surface area contributed by atoms with E-state index in [0.29, 0.717) is 37.6 Å². The minimum atomic E-state index is -0.600. The molecule has 2 amide bonds. The first kappa shape index (κ1) is 26.8. The second kappa shape index (κ2) is 11.9. The van der Waals surface area contributed by atoms with Gasteiger partial charge in [-0.3, -0.25) is 24.5 Å². The van der Waals surface area contributed by atoms with Gasteiger partial charge in [0.2, 0.25) is 11.8 Å². The van der Waals surface area contributed by atoms with E-state index in [-0.39, 0.29) is 17.9 Å². The molecule has 1 fully saturated rings. The van der Waals surface area contributed by atoms with Gasteiger partial charge in [0.25, 0.3) is 0 Å². The summed E-state index contributed by atoms with van der Waals surface area (Å²) < 4.78 is 0.946. The minimum absolute atomic E-state index is 0.0178. The van der Waals surface area contributed by atoms with Crippen molar-refractivity contribution in [2.45, 2.75) is 51.2 Å².